The molecule has 1 N–H and O–H groups in total. The minimum absolute atomic E-state index is 0.502. The number of rotatable bonds is 5. The van der Waals surface area contributed by atoms with Gasteiger partial charge in [0.15, 0.2) is 0 Å². The average molecular weight is 256 g/mol. The van der Waals surface area contributed by atoms with Crippen molar-refractivity contribution in [3.63, 3.8) is 0 Å². The zero-order valence-electron chi connectivity index (χ0n) is 11.4. The lowest BCUT2D eigenvalue weighted by Gasteiger charge is -2.16. The maximum atomic E-state index is 6.28. The van der Waals surface area contributed by atoms with Gasteiger partial charge in [0, 0.05) is 11.1 Å². The first-order valence-electron chi connectivity index (χ1n) is 6.03. The molecule has 0 amide bonds. The van der Waals surface area contributed by atoms with Crippen molar-refractivity contribution < 1.29 is 4.74 Å². The van der Waals surface area contributed by atoms with E-state index >= 15 is 0 Å². The highest BCUT2D eigenvalue weighted by atomic mass is 35.5. The zero-order chi connectivity index (χ0) is 13.0. The fourth-order valence-electron chi connectivity index (χ4n) is 1.94. The van der Waals surface area contributed by atoms with Crippen molar-refractivity contribution in [2.24, 2.45) is 0 Å². The van der Waals surface area contributed by atoms with E-state index in [2.05, 4.69) is 26.1 Å². The Kier molecular flexibility index (Phi) is 5.29. The molecule has 0 heterocycles. The molecule has 17 heavy (non-hydrogen) atoms. The smallest absolute Gasteiger partial charge is 0.122 e. The summed E-state index contributed by atoms with van der Waals surface area (Å²) in [4.78, 5) is 0. The SMILES string of the molecule is COc1cc(C)c(Cl)c(C)c1CCNC(C)C. The van der Waals surface area contributed by atoms with Crippen LogP contribution in [0.3, 0.4) is 0 Å². The monoisotopic (exact) mass is 255 g/mol. The first-order valence-corrected chi connectivity index (χ1v) is 6.41. The molecule has 2 nitrogen and oxygen atoms in total. The molecule has 1 aromatic rings. The third kappa shape index (κ3) is 3.62. The van der Waals surface area contributed by atoms with Crippen molar-refractivity contribution >= 4 is 11.6 Å². The van der Waals surface area contributed by atoms with Gasteiger partial charge in [-0.15, -0.1) is 0 Å². The minimum atomic E-state index is 0.502. The molecule has 1 rings (SSSR count). The molecule has 0 aliphatic carbocycles. The molecule has 0 bridgehead atoms. The molecule has 0 aliphatic rings. The van der Waals surface area contributed by atoms with Crippen LogP contribution >= 0.6 is 11.6 Å². The number of aryl methyl sites for hydroxylation is 1. The van der Waals surface area contributed by atoms with Gasteiger partial charge in [-0.1, -0.05) is 25.4 Å². The number of hydrogen-bond donors (Lipinski definition) is 1. The molecule has 0 aromatic heterocycles. The Labute approximate surface area is 109 Å². The summed E-state index contributed by atoms with van der Waals surface area (Å²) in [6.45, 7) is 9.29. The second-order valence-corrected chi connectivity index (χ2v) is 5.05. The largest absolute Gasteiger partial charge is 0.496 e. The van der Waals surface area contributed by atoms with Crippen molar-refractivity contribution in [3.05, 3.63) is 27.8 Å². The molecule has 0 unspecified atom stereocenters. The summed E-state index contributed by atoms with van der Waals surface area (Å²) in [7, 11) is 1.71. The van der Waals surface area contributed by atoms with E-state index < -0.39 is 0 Å². The first kappa shape index (κ1) is 14.3. The van der Waals surface area contributed by atoms with Gasteiger partial charge in [0.2, 0.25) is 0 Å². The number of nitrogens with one attached hydrogen (secondary N) is 1. The van der Waals surface area contributed by atoms with Gasteiger partial charge >= 0.3 is 0 Å². The Balaban J connectivity index is 2.92. The summed E-state index contributed by atoms with van der Waals surface area (Å²) in [6, 6.07) is 2.52. The number of ether oxygens (including phenoxy) is 1. The van der Waals surface area contributed by atoms with Crippen LogP contribution in [0.2, 0.25) is 5.02 Å². The molecule has 3 heteroatoms. The van der Waals surface area contributed by atoms with Crippen LogP contribution in [0.5, 0.6) is 5.75 Å². The lowest BCUT2D eigenvalue weighted by atomic mass is 10.0. The quantitative estimate of drug-likeness (QED) is 0.870. The van der Waals surface area contributed by atoms with Crippen LogP contribution in [0.15, 0.2) is 6.07 Å². The van der Waals surface area contributed by atoms with Gasteiger partial charge in [-0.05, 0) is 49.6 Å². The number of methoxy groups -OCH3 is 1. The van der Waals surface area contributed by atoms with Crippen molar-refractivity contribution in [2.75, 3.05) is 13.7 Å². The summed E-state index contributed by atoms with van der Waals surface area (Å²) in [6.07, 6.45) is 0.938. The molecule has 96 valence electrons. The highest BCUT2D eigenvalue weighted by Crippen LogP contribution is 2.31. The van der Waals surface area contributed by atoms with Crippen molar-refractivity contribution in [1.82, 2.24) is 5.32 Å². The molecular formula is C14H22ClNO. The number of hydrogen-bond acceptors (Lipinski definition) is 2. The van der Waals surface area contributed by atoms with E-state index in [0.717, 1.165) is 34.9 Å². The van der Waals surface area contributed by atoms with E-state index in [1.54, 1.807) is 7.11 Å². The average Bonchev–Trinajstić information content (AvgIpc) is 2.28. The van der Waals surface area contributed by atoms with Gasteiger partial charge in [-0.3, -0.25) is 0 Å². The third-order valence-electron chi connectivity index (χ3n) is 2.92. The van der Waals surface area contributed by atoms with Crippen LogP contribution in [-0.4, -0.2) is 19.7 Å². The van der Waals surface area contributed by atoms with Crippen LogP contribution in [0.4, 0.5) is 0 Å². The van der Waals surface area contributed by atoms with Crippen molar-refractivity contribution in [3.8, 4) is 5.75 Å². The normalized spacial score (nSPS) is 11.0. The van der Waals surface area contributed by atoms with E-state index in [1.165, 1.54) is 5.56 Å². The van der Waals surface area contributed by atoms with E-state index in [1.807, 2.05) is 13.0 Å². The maximum absolute atomic E-state index is 6.28. The van der Waals surface area contributed by atoms with Crippen LogP contribution in [0.25, 0.3) is 0 Å². The summed E-state index contributed by atoms with van der Waals surface area (Å²) in [5.74, 6) is 0.940. The Bertz CT molecular complexity index is 388. The predicted molar refractivity (Wildman–Crippen MR) is 74.3 cm³/mol. The molecule has 0 radical (unpaired) electrons. The van der Waals surface area contributed by atoms with Crippen LogP contribution in [-0.2, 0) is 6.42 Å². The van der Waals surface area contributed by atoms with E-state index in [4.69, 9.17) is 16.3 Å². The number of benzene rings is 1. The highest BCUT2D eigenvalue weighted by Gasteiger charge is 2.12. The summed E-state index contributed by atoms with van der Waals surface area (Å²) >= 11 is 6.28. The van der Waals surface area contributed by atoms with Crippen molar-refractivity contribution in [1.29, 1.82) is 0 Å². The molecule has 0 saturated carbocycles. The van der Waals surface area contributed by atoms with E-state index in [-0.39, 0.29) is 0 Å². The van der Waals surface area contributed by atoms with Gasteiger partial charge in [-0.25, -0.2) is 0 Å². The van der Waals surface area contributed by atoms with E-state index in [0.29, 0.717) is 6.04 Å². The Morgan fingerprint density at radius 2 is 2.00 bits per heavy atom. The number of halogens is 1. The Morgan fingerprint density at radius 3 is 2.53 bits per heavy atom. The van der Waals surface area contributed by atoms with Crippen LogP contribution in [0.1, 0.15) is 30.5 Å². The van der Waals surface area contributed by atoms with Gasteiger partial charge in [-0.2, -0.15) is 0 Å². The molecule has 1 aromatic carbocycles. The van der Waals surface area contributed by atoms with Gasteiger partial charge in [0.05, 0.1) is 7.11 Å². The second-order valence-electron chi connectivity index (χ2n) is 4.67. The Hall–Kier alpha value is -0.730. The van der Waals surface area contributed by atoms with Gasteiger partial charge in [0.1, 0.15) is 5.75 Å². The maximum Gasteiger partial charge on any atom is 0.122 e. The fourth-order valence-corrected chi connectivity index (χ4v) is 2.11. The summed E-state index contributed by atoms with van der Waals surface area (Å²) < 4.78 is 5.43. The highest BCUT2D eigenvalue weighted by molar-refractivity contribution is 6.32. The van der Waals surface area contributed by atoms with Crippen LogP contribution < -0.4 is 10.1 Å². The molecule has 0 aliphatic heterocycles. The van der Waals surface area contributed by atoms with Crippen LogP contribution in [0, 0.1) is 13.8 Å². The molecular weight excluding hydrogens is 234 g/mol. The molecule has 0 atom stereocenters. The predicted octanol–water partition coefficient (Wildman–Crippen LogP) is 3.51. The molecule has 0 spiro atoms. The summed E-state index contributed by atoms with van der Waals surface area (Å²) in [5.41, 5.74) is 3.41. The topological polar surface area (TPSA) is 21.3 Å². The Morgan fingerprint density at radius 1 is 1.35 bits per heavy atom. The third-order valence-corrected chi connectivity index (χ3v) is 3.50. The van der Waals surface area contributed by atoms with E-state index in [9.17, 15) is 0 Å². The van der Waals surface area contributed by atoms with Gasteiger partial charge < -0.3 is 10.1 Å². The lowest BCUT2D eigenvalue weighted by Crippen LogP contribution is -2.25. The van der Waals surface area contributed by atoms with Crippen molar-refractivity contribution in [2.45, 2.75) is 40.2 Å². The lowest BCUT2D eigenvalue weighted by molar-refractivity contribution is 0.408. The molecule has 0 fully saturated rings. The second kappa shape index (κ2) is 6.27. The standard InChI is InChI=1S/C14H22ClNO/c1-9(2)16-7-6-12-11(4)14(15)10(3)8-13(12)17-5/h8-9,16H,6-7H2,1-5H3. The minimum Gasteiger partial charge on any atom is -0.496 e. The molecule has 0 saturated heterocycles. The zero-order valence-corrected chi connectivity index (χ0v) is 12.1. The first-order chi connectivity index (χ1) is 7.97. The van der Waals surface area contributed by atoms with Gasteiger partial charge in [0.25, 0.3) is 0 Å². The fraction of sp³-hybridized carbons (Fsp3) is 0.571. The summed E-state index contributed by atoms with van der Waals surface area (Å²) in [5, 5.41) is 4.26.